The quantitative estimate of drug-likeness (QED) is 0.499. The molecule has 0 saturated carbocycles. The molecule has 11 heteroatoms. The minimum Gasteiger partial charge on any atom is -0.478 e. The Morgan fingerprint density at radius 1 is 1.03 bits per heavy atom. The molecule has 35 heavy (non-hydrogen) atoms. The Kier molecular flexibility index (Phi) is 7.21. The van der Waals surface area contributed by atoms with Crippen molar-refractivity contribution in [2.24, 2.45) is 0 Å². The van der Waals surface area contributed by atoms with Gasteiger partial charge in [-0.25, -0.2) is 9.59 Å². The third-order valence-corrected chi connectivity index (χ3v) is 5.54. The van der Waals surface area contributed by atoms with Gasteiger partial charge in [0.25, 0.3) is 5.91 Å². The van der Waals surface area contributed by atoms with Crippen molar-refractivity contribution in [3.05, 3.63) is 70.4 Å². The zero-order valence-corrected chi connectivity index (χ0v) is 19.4. The molecule has 0 unspecified atom stereocenters. The number of para-hydroxylation sites is 2. The fourth-order valence-electron chi connectivity index (χ4n) is 3.68. The molecule has 182 valence electrons. The highest BCUT2D eigenvalue weighted by Crippen LogP contribution is 2.31. The predicted octanol–water partition coefficient (Wildman–Crippen LogP) is 2.84. The van der Waals surface area contributed by atoms with Gasteiger partial charge in [-0.15, -0.1) is 0 Å². The number of carbonyl (C=O) groups excluding carboxylic acids is 4. The highest BCUT2D eigenvalue weighted by Gasteiger charge is 2.35. The molecule has 2 atom stereocenters. The second kappa shape index (κ2) is 10.5. The van der Waals surface area contributed by atoms with Crippen molar-refractivity contribution < 1.29 is 33.4 Å². The molecule has 0 fully saturated rings. The van der Waals surface area contributed by atoms with Crippen molar-refractivity contribution in [2.45, 2.75) is 25.5 Å². The molecule has 0 aliphatic carbocycles. The molecule has 2 aliphatic rings. The van der Waals surface area contributed by atoms with Gasteiger partial charge in [0.05, 0.1) is 36.0 Å². The van der Waals surface area contributed by atoms with Crippen molar-refractivity contribution in [3.63, 3.8) is 0 Å². The SMILES string of the molecule is CCOC(=O)C1=C(COC(=O)C[C@@H]2Oc3ccccc3NC2=O)NC(=O)N[C@@H]1c1ccc(Cl)cc1. The van der Waals surface area contributed by atoms with E-state index in [1.54, 1.807) is 55.5 Å². The molecule has 2 aromatic carbocycles. The van der Waals surface area contributed by atoms with E-state index in [0.717, 1.165) is 0 Å². The molecule has 10 nitrogen and oxygen atoms in total. The van der Waals surface area contributed by atoms with Gasteiger partial charge in [0.1, 0.15) is 12.4 Å². The Bertz CT molecular complexity index is 1200. The van der Waals surface area contributed by atoms with E-state index >= 15 is 0 Å². The van der Waals surface area contributed by atoms with Crippen molar-refractivity contribution in [1.82, 2.24) is 10.6 Å². The van der Waals surface area contributed by atoms with Crippen LogP contribution in [-0.2, 0) is 23.9 Å². The highest BCUT2D eigenvalue weighted by molar-refractivity contribution is 6.30. The van der Waals surface area contributed by atoms with Gasteiger partial charge in [-0.2, -0.15) is 0 Å². The Labute approximate surface area is 205 Å². The summed E-state index contributed by atoms with van der Waals surface area (Å²) < 4.78 is 16.1. The summed E-state index contributed by atoms with van der Waals surface area (Å²) in [6.07, 6.45) is -1.45. The van der Waals surface area contributed by atoms with Crippen LogP contribution in [0.25, 0.3) is 0 Å². The van der Waals surface area contributed by atoms with Crippen molar-refractivity contribution in [1.29, 1.82) is 0 Å². The van der Waals surface area contributed by atoms with Crippen LogP contribution in [0.15, 0.2) is 59.8 Å². The summed E-state index contributed by atoms with van der Waals surface area (Å²) in [7, 11) is 0. The second-order valence-corrected chi connectivity index (χ2v) is 8.09. The summed E-state index contributed by atoms with van der Waals surface area (Å²) in [5.74, 6) is -1.48. The minimum absolute atomic E-state index is 0.0693. The Morgan fingerprint density at radius 3 is 2.51 bits per heavy atom. The van der Waals surface area contributed by atoms with E-state index in [-0.39, 0.29) is 24.3 Å². The molecule has 4 rings (SSSR count). The lowest BCUT2D eigenvalue weighted by Crippen LogP contribution is -2.47. The molecule has 2 aromatic rings. The number of ether oxygens (including phenoxy) is 3. The first-order valence-electron chi connectivity index (χ1n) is 10.8. The number of benzene rings is 2. The number of hydrogen-bond acceptors (Lipinski definition) is 7. The highest BCUT2D eigenvalue weighted by atomic mass is 35.5. The van der Waals surface area contributed by atoms with E-state index in [4.69, 9.17) is 25.8 Å². The summed E-state index contributed by atoms with van der Waals surface area (Å²) in [5.41, 5.74) is 1.25. The largest absolute Gasteiger partial charge is 0.478 e. The van der Waals surface area contributed by atoms with Crippen LogP contribution in [0.2, 0.25) is 5.02 Å². The van der Waals surface area contributed by atoms with Crippen LogP contribution in [0.1, 0.15) is 24.9 Å². The first-order chi connectivity index (χ1) is 16.9. The smallest absolute Gasteiger partial charge is 0.338 e. The Balaban J connectivity index is 1.51. The summed E-state index contributed by atoms with van der Waals surface area (Å²) >= 11 is 5.96. The molecule has 0 spiro atoms. The first kappa shape index (κ1) is 24.1. The number of hydrogen-bond donors (Lipinski definition) is 3. The maximum absolute atomic E-state index is 12.8. The lowest BCUT2D eigenvalue weighted by Gasteiger charge is -2.29. The molecular weight excluding hydrogens is 478 g/mol. The van der Waals surface area contributed by atoms with Gasteiger partial charge in [0, 0.05) is 5.02 Å². The van der Waals surface area contributed by atoms with Gasteiger partial charge in [-0.3, -0.25) is 9.59 Å². The molecule has 0 aromatic heterocycles. The third-order valence-electron chi connectivity index (χ3n) is 5.29. The number of carbonyl (C=O) groups is 4. The molecule has 2 aliphatic heterocycles. The second-order valence-electron chi connectivity index (χ2n) is 7.65. The standard InChI is InChI=1S/C24H22ClN3O7/c1-2-33-23(31)20-16(27-24(32)28-21(20)13-7-9-14(25)10-8-13)12-34-19(29)11-18-22(30)26-15-5-3-4-6-17(15)35-18/h3-10,18,21H,2,11-12H2,1H3,(H,26,30)(H2,27,28,32)/t18-,21+/m0/s1. The normalized spacial score (nSPS) is 18.9. The molecule has 0 radical (unpaired) electrons. The summed E-state index contributed by atoms with van der Waals surface area (Å²) in [6, 6.07) is 12.0. The number of nitrogens with one attached hydrogen (secondary N) is 3. The maximum Gasteiger partial charge on any atom is 0.338 e. The van der Waals surface area contributed by atoms with Crippen LogP contribution >= 0.6 is 11.6 Å². The maximum atomic E-state index is 12.8. The molecule has 2 heterocycles. The number of fused-ring (bicyclic) bond motifs is 1. The lowest BCUT2D eigenvalue weighted by molar-refractivity contribution is -0.147. The Morgan fingerprint density at radius 2 is 1.77 bits per heavy atom. The van der Waals surface area contributed by atoms with Crippen LogP contribution in [0.5, 0.6) is 5.75 Å². The average molecular weight is 500 g/mol. The summed E-state index contributed by atoms with van der Waals surface area (Å²) in [4.78, 5) is 49.9. The van der Waals surface area contributed by atoms with Gasteiger partial charge >= 0.3 is 18.0 Å². The number of rotatable bonds is 7. The summed E-state index contributed by atoms with van der Waals surface area (Å²) in [6.45, 7) is 1.33. The number of anilines is 1. The van der Waals surface area contributed by atoms with Crippen LogP contribution < -0.4 is 20.7 Å². The monoisotopic (exact) mass is 499 g/mol. The van der Waals surface area contributed by atoms with Crippen molar-refractivity contribution in [2.75, 3.05) is 18.5 Å². The van der Waals surface area contributed by atoms with E-state index in [1.165, 1.54) is 0 Å². The van der Waals surface area contributed by atoms with E-state index in [2.05, 4.69) is 16.0 Å². The van der Waals surface area contributed by atoms with Gasteiger partial charge in [-0.1, -0.05) is 35.9 Å². The molecule has 0 saturated heterocycles. The number of esters is 2. The van der Waals surface area contributed by atoms with E-state index < -0.39 is 42.6 Å². The third kappa shape index (κ3) is 5.55. The van der Waals surface area contributed by atoms with Crippen LogP contribution in [0, 0.1) is 0 Å². The zero-order chi connectivity index (χ0) is 24.9. The van der Waals surface area contributed by atoms with Crippen molar-refractivity contribution in [3.8, 4) is 5.75 Å². The fourth-order valence-corrected chi connectivity index (χ4v) is 3.80. The molecule has 0 bridgehead atoms. The van der Waals surface area contributed by atoms with Gasteiger partial charge < -0.3 is 30.2 Å². The fraction of sp³-hybridized carbons (Fsp3) is 0.250. The number of urea groups is 1. The molecular formula is C24H22ClN3O7. The number of amides is 3. The van der Waals surface area contributed by atoms with Gasteiger partial charge in [-0.05, 0) is 36.8 Å². The van der Waals surface area contributed by atoms with Gasteiger partial charge in [0.2, 0.25) is 0 Å². The van der Waals surface area contributed by atoms with Crippen LogP contribution in [-0.4, -0.2) is 43.2 Å². The van der Waals surface area contributed by atoms with Crippen LogP contribution in [0.3, 0.4) is 0 Å². The van der Waals surface area contributed by atoms with E-state index in [1.807, 2.05) is 0 Å². The average Bonchev–Trinajstić information content (AvgIpc) is 2.83. The topological polar surface area (TPSA) is 132 Å². The van der Waals surface area contributed by atoms with Crippen LogP contribution in [0.4, 0.5) is 10.5 Å². The predicted molar refractivity (Wildman–Crippen MR) is 125 cm³/mol. The lowest BCUT2D eigenvalue weighted by atomic mass is 9.95. The van der Waals surface area contributed by atoms with E-state index in [9.17, 15) is 19.2 Å². The minimum atomic E-state index is -1.08. The first-order valence-corrected chi connectivity index (χ1v) is 11.2. The van der Waals surface area contributed by atoms with Crippen molar-refractivity contribution >= 4 is 41.2 Å². The van der Waals surface area contributed by atoms with Gasteiger partial charge in [0.15, 0.2) is 6.10 Å². The zero-order valence-electron chi connectivity index (χ0n) is 18.6. The molecule has 3 amide bonds. The summed E-state index contributed by atoms with van der Waals surface area (Å²) in [5, 5.41) is 8.35. The molecule has 3 N–H and O–H groups in total. The number of halogens is 1. The Hall–Kier alpha value is -4.05. The van der Waals surface area contributed by atoms with E-state index in [0.29, 0.717) is 22.0 Å².